The number of likely N-dealkylation sites (tertiary alicyclic amines) is 1. The van der Waals surface area contributed by atoms with Gasteiger partial charge < -0.3 is 15.3 Å². The highest BCUT2D eigenvalue weighted by Gasteiger charge is 2.33. The second-order valence-corrected chi connectivity index (χ2v) is 5.98. The molecule has 2 amide bonds. The van der Waals surface area contributed by atoms with Crippen LogP contribution < -0.4 is 5.32 Å². The number of benzene rings is 1. The summed E-state index contributed by atoms with van der Waals surface area (Å²) in [6.07, 6.45) is 0.723. The Bertz CT molecular complexity index is 1090. The highest BCUT2D eigenvalue weighted by Crippen LogP contribution is 2.21. The van der Waals surface area contributed by atoms with Gasteiger partial charge in [0, 0.05) is 24.8 Å². The van der Waals surface area contributed by atoms with Crippen LogP contribution >= 0.6 is 0 Å². The largest absolute Gasteiger partial charge is 0.465 e. The molecule has 7 nitrogen and oxygen atoms in total. The summed E-state index contributed by atoms with van der Waals surface area (Å²) < 4.78 is 31.9. The quantitative estimate of drug-likeness (QED) is 0.881. The maximum Gasteiger partial charge on any atom is 0.407 e. The first-order valence-electron chi connectivity index (χ1n) is 9.93. The van der Waals surface area contributed by atoms with Crippen molar-refractivity contribution < 1.29 is 20.2 Å². The van der Waals surface area contributed by atoms with Gasteiger partial charge in [-0.1, -0.05) is 12.1 Å². The summed E-state index contributed by atoms with van der Waals surface area (Å²) in [4.78, 5) is 29.1. The van der Waals surface area contributed by atoms with Crippen molar-refractivity contribution in [3.8, 4) is 17.2 Å². The first kappa shape index (κ1) is 12.9. The van der Waals surface area contributed by atoms with Gasteiger partial charge in [-0.05, 0) is 48.7 Å². The molecular formula is C19H18N4O3. The SMILES string of the molecule is [2H]c1c([2H])c(C#N)c([2H])c(-c2ccnc(C(=O)N[C@@H]3C[C@@H](C)N(C(=O)O)C3)c2)c1[2H]. The molecule has 2 heterocycles. The van der Waals surface area contributed by atoms with E-state index in [1.165, 1.54) is 23.2 Å². The molecule has 1 aromatic carbocycles. The van der Waals surface area contributed by atoms with Crippen LogP contribution in [0.25, 0.3) is 11.1 Å². The van der Waals surface area contributed by atoms with E-state index in [2.05, 4.69) is 10.3 Å². The van der Waals surface area contributed by atoms with Crippen LogP contribution in [0.4, 0.5) is 4.79 Å². The number of nitrogens with zero attached hydrogens (tertiary/aromatic N) is 3. The third-order valence-electron chi connectivity index (χ3n) is 4.17. The second-order valence-electron chi connectivity index (χ2n) is 5.98. The molecule has 0 spiro atoms. The van der Waals surface area contributed by atoms with Crippen LogP contribution in [0, 0.1) is 11.3 Å². The zero-order valence-electron chi connectivity index (χ0n) is 17.9. The third-order valence-corrected chi connectivity index (χ3v) is 4.17. The van der Waals surface area contributed by atoms with Crippen molar-refractivity contribution in [1.82, 2.24) is 15.2 Å². The molecule has 2 N–H and O–H groups in total. The van der Waals surface area contributed by atoms with Gasteiger partial charge in [0.2, 0.25) is 0 Å². The number of hydrogen-bond donors (Lipinski definition) is 2. The minimum absolute atomic E-state index is 0.00674. The molecular weight excluding hydrogens is 332 g/mol. The molecule has 1 aliphatic rings. The molecule has 3 rings (SSSR count). The van der Waals surface area contributed by atoms with Gasteiger partial charge in [0.05, 0.1) is 17.1 Å². The molecule has 26 heavy (non-hydrogen) atoms. The number of pyridine rings is 1. The van der Waals surface area contributed by atoms with Crippen molar-refractivity contribution >= 4 is 12.0 Å². The Morgan fingerprint density at radius 3 is 2.96 bits per heavy atom. The van der Waals surface area contributed by atoms with Gasteiger partial charge >= 0.3 is 6.09 Å². The lowest BCUT2D eigenvalue weighted by molar-refractivity contribution is 0.0930. The Hall–Kier alpha value is -3.40. The number of hydrogen-bond acceptors (Lipinski definition) is 4. The van der Waals surface area contributed by atoms with Gasteiger partial charge in [-0.2, -0.15) is 5.26 Å². The van der Waals surface area contributed by atoms with Gasteiger partial charge in [0.25, 0.3) is 5.91 Å². The standard InChI is InChI=1S/C19H18N4O3/c1-12-7-16(11-23(12)19(25)26)22-18(24)17-9-15(5-6-21-17)14-4-2-3-13(8-14)10-20/h2-6,8-9,12,16H,7,11H2,1H3,(H,22,24)(H,25,26)/t12-,16-/m1/s1/i2D,3D,4D,8D. The van der Waals surface area contributed by atoms with Crippen molar-refractivity contribution in [2.24, 2.45) is 0 Å². The fraction of sp³-hybridized carbons (Fsp3) is 0.263. The van der Waals surface area contributed by atoms with E-state index in [0.717, 1.165) is 0 Å². The molecule has 2 atom stereocenters. The van der Waals surface area contributed by atoms with E-state index in [1.54, 1.807) is 13.0 Å². The van der Waals surface area contributed by atoms with Crippen molar-refractivity contribution in [3.63, 3.8) is 0 Å². The molecule has 132 valence electrons. The van der Waals surface area contributed by atoms with Crippen LogP contribution in [0.15, 0.2) is 42.5 Å². The zero-order chi connectivity index (χ0) is 22.2. The number of amides is 2. The summed E-state index contributed by atoms with van der Waals surface area (Å²) in [5.41, 5.74) is -0.104. The van der Waals surface area contributed by atoms with Crippen molar-refractivity contribution in [3.05, 3.63) is 53.8 Å². The first-order valence-corrected chi connectivity index (χ1v) is 7.93. The Kier molecular flexibility index (Phi) is 3.59. The number of nitriles is 1. The highest BCUT2D eigenvalue weighted by molar-refractivity contribution is 5.93. The predicted octanol–water partition coefficient (Wildman–Crippen LogP) is 2.49. The minimum atomic E-state index is -1.05. The predicted molar refractivity (Wildman–Crippen MR) is 94.5 cm³/mol. The molecule has 1 saturated heterocycles. The van der Waals surface area contributed by atoms with Crippen molar-refractivity contribution in [2.75, 3.05) is 6.54 Å². The summed E-state index contributed by atoms with van der Waals surface area (Å²) >= 11 is 0. The number of aromatic nitrogens is 1. The zero-order valence-corrected chi connectivity index (χ0v) is 13.9. The minimum Gasteiger partial charge on any atom is -0.465 e. The van der Waals surface area contributed by atoms with Gasteiger partial charge in [-0.3, -0.25) is 9.78 Å². The number of carbonyl (C=O) groups is 2. The molecule has 1 aliphatic heterocycles. The van der Waals surface area contributed by atoms with E-state index in [1.807, 2.05) is 0 Å². The summed E-state index contributed by atoms with van der Waals surface area (Å²) in [7, 11) is 0. The van der Waals surface area contributed by atoms with Crippen LogP contribution in [0.2, 0.25) is 0 Å². The van der Waals surface area contributed by atoms with Gasteiger partial charge in [0.1, 0.15) is 5.69 Å². The summed E-state index contributed by atoms with van der Waals surface area (Å²) in [5.74, 6) is -0.539. The van der Waals surface area contributed by atoms with Crippen LogP contribution in [-0.2, 0) is 0 Å². The first-order chi connectivity index (χ1) is 14.1. The molecule has 0 bridgehead atoms. The molecule has 1 fully saturated rings. The highest BCUT2D eigenvalue weighted by atomic mass is 16.4. The Morgan fingerprint density at radius 1 is 1.46 bits per heavy atom. The Labute approximate surface area is 156 Å². The number of rotatable bonds is 3. The fourth-order valence-electron chi connectivity index (χ4n) is 2.92. The number of carbonyl (C=O) groups excluding carboxylic acids is 1. The lowest BCUT2D eigenvalue weighted by atomic mass is 10.0. The monoisotopic (exact) mass is 354 g/mol. The van der Waals surface area contributed by atoms with E-state index in [9.17, 15) is 14.9 Å². The summed E-state index contributed by atoms with van der Waals surface area (Å²) in [5, 5.41) is 21.1. The van der Waals surface area contributed by atoms with E-state index < -0.39 is 24.1 Å². The molecule has 0 unspecified atom stereocenters. The average Bonchev–Trinajstić information content (AvgIpc) is 3.07. The fourth-order valence-corrected chi connectivity index (χ4v) is 2.92. The van der Waals surface area contributed by atoms with Crippen molar-refractivity contribution in [2.45, 2.75) is 25.4 Å². The van der Waals surface area contributed by atoms with Crippen LogP contribution in [0.5, 0.6) is 0 Å². The maximum atomic E-state index is 12.6. The number of nitrogens with one attached hydrogen (secondary N) is 1. The van der Waals surface area contributed by atoms with E-state index in [0.29, 0.717) is 6.42 Å². The molecule has 0 radical (unpaired) electrons. The molecule has 7 heteroatoms. The number of carboxylic acid groups (broad SMARTS) is 1. The third kappa shape index (κ3) is 3.64. The molecule has 0 aliphatic carbocycles. The molecule has 0 saturated carbocycles. The lowest BCUT2D eigenvalue weighted by Crippen LogP contribution is -2.38. The lowest BCUT2D eigenvalue weighted by Gasteiger charge is -2.16. The van der Waals surface area contributed by atoms with Crippen molar-refractivity contribution in [1.29, 1.82) is 5.26 Å². The van der Waals surface area contributed by atoms with E-state index in [-0.39, 0.29) is 53.1 Å². The normalized spacial score (nSPS) is 21.2. The van der Waals surface area contributed by atoms with E-state index in [4.69, 9.17) is 10.6 Å². The van der Waals surface area contributed by atoms with Gasteiger partial charge in [0.15, 0.2) is 0 Å². The molecule has 2 aromatic rings. The second kappa shape index (κ2) is 7.23. The topological polar surface area (TPSA) is 106 Å². The Balaban J connectivity index is 1.91. The maximum absolute atomic E-state index is 12.6. The van der Waals surface area contributed by atoms with E-state index >= 15 is 0 Å². The Morgan fingerprint density at radius 2 is 2.27 bits per heavy atom. The summed E-state index contributed by atoms with van der Waals surface area (Å²) in [6, 6.07) is 2.21. The van der Waals surface area contributed by atoms with Gasteiger partial charge in [-0.15, -0.1) is 0 Å². The van der Waals surface area contributed by atoms with Crippen LogP contribution in [0.3, 0.4) is 0 Å². The smallest absolute Gasteiger partial charge is 0.407 e. The van der Waals surface area contributed by atoms with Crippen LogP contribution in [0.1, 0.15) is 34.9 Å². The average molecular weight is 354 g/mol. The summed E-state index contributed by atoms with van der Waals surface area (Å²) in [6.45, 7) is 1.92. The molecule has 1 aromatic heterocycles. The van der Waals surface area contributed by atoms with Gasteiger partial charge in [-0.25, -0.2) is 4.79 Å². The van der Waals surface area contributed by atoms with Crippen LogP contribution in [-0.4, -0.2) is 45.6 Å².